The van der Waals surface area contributed by atoms with E-state index in [1.165, 1.54) is 35.6 Å². The van der Waals surface area contributed by atoms with Crippen LogP contribution in [0.1, 0.15) is 28.4 Å². The molecule has 130 valence electrons. The molecule has 0 radical (unpaired) electrons. The van der Waals surface area contributed by atoms with Gasteiger partial charge in [-0.05, 0) is 55.3 Å². The molecule has 1 N–H and O–H groups in total. The molecule has 0 spiro atoms. The molecule has 0 unspecified atom stereocenters. The minimum atomic E-state index is -3.27. The van der Waals surface area contributed by atoms with E-state index in [0.29, 0.717) is 10.7 Å². The van der Waals surface area contributed by atoms with E-state index >= 15 is 0 Å². The van der Waals surface area contributed by atoms with Gasteiger partial charge in [-0.15, -0.1) is 0 Å². The highest BCUT2D eigenvalue weighted by atomic mass is 32.2. The van der Waals surface area contributed by atoms with Crippen LogP contribution in [0.2, 0.25) is 0 Å². The largest absolute Gasteiger partial charge is 0.298 e. The molecule has 0 aliphatic carbocycles. The van der Waals surface area contributed by atoms with Crippen molar-refractivity contribution in [2.75, 3.05) is 11.1 Å². The first kappa shape index (κ1) is 17.6. The number of nitrogens with zero attached hydrogens (tertiary/aromatic N) is 1. The summed E-state index contributed by atoms with van der Waals surface area (Å²) < 4.78 is 24.7. The van der Waals surface area contributed by atoms with E-state index in [4.69, 9.17) is 0 Å². The van der Waals surface area contributed by atoms with Gasteiger partial charge in [-0.25, -0.2) is 13.4 Å². The molecule has 3 rings (SSSR count). The maximum absolute atomic E-state index is 12.4. The number of aryl methyl sites for hydroxylation is 2. The summed E-state index contributed by atoms with van der Waals surface area (Å²) in [4.78, 5) is 17.1. The van der Waals surface area contributed by atoms with Gasteiger partial charge in [-0.1, -0.05) is 24.3 Å². The molecule has 0 fully saturated rings. The Morgan fingerprint density at radius 1 is 1.16 bits per heavy atom. The molecular weight excluding hydrogens is 356 g/mol. The van der Waals surface area contributed by atoms with E-state index in [0.717, 1.165) is 21.3 Å². The van der Waals surface area contributed by atoms with Gasteiger partial charge in [0, 0.05) is 5.56 Å². The van der Waals surface area contributed by atoms with Crippen LogP contribution in [-0.4, -0.2) is 25.1 Å². The predicted octanol–water partition coefficient (Wildman–Crippen LogP) is 3.96. The van der Waals surface area contributed by atoms with Crippen molar-refractivity contribution < 1.29 is 13.2 Å². The number of sulfone groups is 1. The number of hydrogen-bond donors (Lipinski definition) is 1. The van der Waals surface area contributed by atoms with Crippen LogP contribution in [0, 0.1) is 13.8 Å². The minimum absolute atomic E-state index is 0.0308. The van der Waals surface area contributed by atoms with E-state index in [-0.39, 0.29) is 16.6 Å². The van der Waals surface area contributed by atoms with Crippen molar-refractivity contribution in [2.45, 2.75) is 25.7 Å². The van der Waals surface area contributed by atoms with Crippen LogP contribution in [0.4, 0.5) is 5.13 Å². The van der Waals surface area contributed by atoms with Crippen molar-refractivity contribution >= 4 is 42.4 Å². The average Bonchev–Trinajstić information content (AvgIpc) is 2.97. The molecule has 1 heterocycles. The summed E-state index contributed by atoms with van der Waals surface area (Å²) in [5.41, 5.74) is 3.50. The number of fused-ring (bicyclic) bond motifs is 1. The van der Waals surface area contributed by atoms with Crippen molar-refractivity contribution in [1.29, 1.82) is 0 Å². The summed E-state index contributed by atoms with van der Waals surface area (Å²) in [6, 6.07) is 10.0. The molecule has 0 saturated heterocycles. The Morgan fingerprint density at radius 3 is 2.48 bits per heavy atom. The topological polar surface area (TPSA) is 76.1 Å². The number of carbonyl (C=O) groups is 1. The van der Waals surface area contributed by atoms with E-state index in [2.05, 4.69) is 16.4 Å². The third-order valence-electron chi connectivity index (χ3n) is 3.91. The van der Waals surface area contributed by atoms with Crippen LogP contribution in [0.3, 0.4) is 0 Å². The van der Waals surface area contributed by atoms with Crippen molar-refractivity contribution in [3.63, 3.8) is 0 Å². The lowest BCUT2D eigenvalue weighted by molar-refractivity contribution is 0.102. The van der Waals surface area contributed by atoms with Gasteiger partial charge in [0.1, 0.15) is 0 Å². The number of carbonyl (C=O) groups excluding carboxylic acids is 1. The fraction of sp³-hybridized carbons (Fsp3) is 0.222. The van der Waals surface area contributed by atoms with Crippen molar-refractivity contribution in [3.8, 4) is 0 Å². The maximum Gasteiger partial charge on any atom is 0.257 e. The summed E-state index contributed by atoms with van der Waals surface area (Å²) in [5, 5.41) is 3.31. The van der Waals surface area contributed by atoms with E-state index in [1.807, 2.05) is 19.9 Å². The molecule has 0 bridgehead atoms. The molecule has 2 aromatic carbocycles. The molecular formula is C18H18N2O3S2. The zero-order valence-electron chi connectivity index (χ0n) is 14.2. The SMILES string of the molecule is CCS(=O)(=O)c1ccc(C(=O)Nc2nc3c(C)cc(C)cc3s2)cc1. The summed E-state index contributed by atoms with van der Waals surface area (Å²) >= 11 is 1.42. The lowest BCUT2D eigenvalue weighted by atomic mass is 10.1. The fourth-order valence-corrected chi connectivity index (χ4v) is 4.49. The van der Waals surface area contributed by atoms with Crippen LogP contribution < -0.4 is 5.32 Å². The third-order valence-corrected chi connectivity index (χ3v) is 6.57. The highest BCUT2D eigenvalue weighted by molar-refractivity contribution is 7.91. The van der Waals surface area contributed by atoms with Crippen LogP contribution in [-0.2, 0) is 9.84 Å². The maximum atomic E-state index is 12.4. The van der Waals surface area contributed by atoms with Crippen molar-refractivity contribution in [1.82, 2.24) is 4.98 Å². The Bertz CT molecular complexity index is 1050. The number of rotatable bonds is 4. The number of thiazole rings is 1. The molecule has 0 aliphatic heterocycles. The van der Waals surface area contributed by atoms with E-state index in [9.17, 15) is 13.2 Å². The normalized spacial score (nSPS) is 11.6. The number of nitrogens with one attached hydrogen (secondary N) is 1. The summed E-state index contributed by atoms with van der Waals surface area (Å²) in [5.74, 6) is -0.280. The van der Waals surface area contributed by atoms with Crippen LogP contribution in [0.15, 0.2) is 41.3 Å². The molecule has 1 amide bonds. The van der Waals surface area contributed by atoms with Gasteiger partial charge in [0.25, 0.3) is 5.91 Å². The number of anilines is 1. The van der Waals surface area contributed by atoms with E-state index in [1.54, 1.807) is 6.92 Å². The van der Waals surface area contributed by atoms with Crippen LogP contribution in [0.25, 0.3) is 10.2 Å². The van der Waals surface area contributed by atoms with Gasteiger partial charge in [0.2, 0.25) is 0 Å². The second-order valence-electron chi connectivity index (χ2n) is 5.83. The monoisotopic (exact) mass is 374 g/mol. The van der Waals surface area contributed by atoms with Crippen molar-refractivity contribution in [2.24, 2.45) is 0 Å². The fourth-order valence-electron chi connectivity index (χ4n) is 2.57. The molecule has 25 heavy (non-hydrogen) atoms. The van der Waals surface area contributed by atoms with Crippen LogP contribution >= 0.6 is 11.3 Å². The Hall–Kier alpha value is -2.25. The zero-order chi connectivity index (χ0) is 18.2. The second kappa shape index (κ2) is 6.57. The molecule has 3 aromatic rings. The third kappa shape index (κ3) is 3.57. The Labute approximate surface area is 150 Å². The van der Waals surface area contributed by atoms with Gasteiger partial charge in [0.15, 0.2) is 15.0 Å². The second-order valence-corrected chi connectivity index (χ2v) is 9.14. The first-order chi connectivity index (χ1) is 11.8. The standard InChI is InChI=1S/C18H18N2O3S2/c1-4-25(22,23)14-7-5-13(6-8-14)17(21)20-18-19-16-12(3)9-11(2)10-15(16)24-18/h5-10H,4H2,1-3H3,(H,19,20,21). The Morgan fingerprint density at radius 2 is 1.84 bits per heavy atom. The highest BCUT2D eigenvalue weighted by Gasteiger charge is 2.14. The lowest BCUT2D eigenvalue weighted by Crippen LogP contribution is -2.12. The van der Waals surface area contributed by atoms with E-state index < -0.39 is 9.84 Å². The summed E-state index contributed by atoms with van der Waals surface area (Å²) in [6.07, 6.45) is 0. The average molecular weight is 374 g/mol. The summed E-state index contributed by atoms with van der Waals surface area (Å²) in [7, 11) is -3.27. The minimum Gasteiger partial charge on any atom is -0.298 e. The lowest BCUT2D eigenvalue weighted by Gasteiger charge is -2.04. The first-order valence-corrected chi connectivity index (χ1v) is 10.3. The van der Waals surface area contributed by atoms with Gasteiger partial charge in [-0.3, -0.25) is 10.1 Å². The molecule has 7 heteroatoms. The number of amides is 1. The van der Waals surface area contributed by atoms with Gasteiger partial charge < -0.3 is 0 Å². The number of benzene rings is 2. The molecule has 5 nitrogen and oxygen atoms in total. The molecule has 1 aromatic heterocycles. The first-order valence-electron chi connectivity index (χ1n) is 7.82. The van der Waals surface area contributed by atoms with Gasteiger partial charge in [-0.2, -0.15) is 0 Å². The number of hydrogen-bond acceptors (Lipinski definition) is 5. The van der Waals surface area contributed by atoms with Crippen LogP contribution in [0.5, 0.6) is 0 Å². The van der Waals surface area contributed by atoms with Crippen molar-refractivity contribution in [3.05, 3.63) is 53.1 Å². The number of aromatic nitrogens is 1. The van der Waals surface area contributed by atoms with Gasteiger partial charge in [0.05, 0.1) is 20.9 Å². The van der Waals surface area contributed by atoms with Gasteiger partial charge >= 0.3 is 0 Å². The smallest absolute Gasteiger partial charge is 0.257 e. The zero-order valence-corrected chi connectivity index (χ0v) is 15.8. The predicted molar refractivity (Wildman–Crippen MR) is 101 cm³/mol. The quantitative estimate of drug-likeness (QED) is 0.750. The molecule has 0 aliphatic rings. The highest BCUT2D eigenvalue weighted by Crippen LogP contribution is 2.29. The summed E-state index contributed by atoms with van der Waals surface area (Å²) in [6.45, 7) is 5.61. The Balaban J connectivity index is 1.84. The molecule has 0 saturated carbocycles. The Kier molecular flexibility index (Phi) is 4.62. The molecule has 0 atom stereocenters.